The molecule has 0 unspecified atom stereocenters. The SMILES string of the molecule is O=C(NCc1cccnc1)C(=O)NC[C@@H](c1cccnc1)N1CCOCC1. The quantitative estimate of drug-likeness (QED) is 0.710. The van der Waals surface area contributed by atoms with E-state index < -0.39 is 11.8 Å². The number of hydrogen-bond donors (Lipinski definition) is 2. The third-order valence-electron chi connectivity index (χ3n) is 4.39. The lowest BCUT2D eigenvalue weighted by atomic mass is 10.1. The molecular formula is C19H23N5O3. The first-order valence-electron chi connectivity index (χ1n) is 8.90. The Morgan fingerprint density at radius 2 is 1.74 bits per heavy atom. The van der Waals surface area contributed by atoms with Gasteiger partial charge in [-0.3, -0.25) is 24.5 Å². The molecule has 0 aromatic carbocycles. The maximum atomic E-state index is 12.2. The van der Waals surface area contributed by atoms with Gasteiger partial charge >= 0.3 is 11.8 Å². The normalized spacial score (nSPS) is 15.7. The van der Waals surface area contributed by atoms with Gasteiger partial charge in [0, 0.05) is 51.0 Å². The van der Waals surface area contributed by atoms with Crippen LogP contribution in [-0.2, 0) is 20.9 Å². The average Bonchev–Trinajstić information content (AvgIpc) is 2.74. The van der Waals surface area contributed by atoms with E-state index in [0.29, 0.717) is 19.8 Å². The zero-order chi connectivity index (χ0) is 18.9. The van der Waals surface area contributed by atoms with E-state index in [2.05, 4.69) is 25.5 Å². The van der Waals surface area contributed by atoms with Gasteiger partial charge in [-0.1, -0.05) is 12.1 Å². The number of ether oxygens (including phenoxy) is 1. The van der Waals surface area contributed by atoms with Gasteiger partial charge in [-0.25, -0.2) is 0 Å². The molecule has 1 saturated heterocycles. The number of nitrogens with zero attached hydrogens (tertiary/aromatic N) is 3. The van der Waals surface area contributed by atoms with E-state index in [-0.39, 0.29) is 12.6 Å². The fourth-order valence-electron chi connectivity index (χ4n) is 2.95. The molecule has 2 N–H and O–H groups in total. The number of hydrogen-bond acceptors (Lipinski definition) is 6. The molecule has 27 heavy (non-hydrogen) atoms. The molecule has 1 fully saturated rings. The van der Waals surface area contributed by atoms with E-state index in [1.165, 1.54) is 0 Å². The Morgan fingerprint density at radius 3 is 2.41 bits per heavy atom. The monoisotopic (exact) mass is 369 g/mol. The van der Waals surface area contributed by atoms with Gasteiger partial charge in [-0.2, -0.15) is 0 Å². The molecule has 1 aliphatic heterocycles. The van der Waals surface area contributed by atoms with Gasteiger partial charge < -0.3 is 15.4 Å². The number of morpholine rings is 1. The third kappa shape index (κ3) is 5.57. The number of rotatable bonds is 6. The van der Waals surface area contributed by atoms with E-state index >= 15 is 0 Å². The molecule has 0 saturated carbocycles. The summed E-state index contributed by atoms with van der Waals surface area (Å²) in [5.74, 6) is -1.31. The second-order valence-electron chi connectivity index (χ2n) is 6.20. The highest BCUT2D eigenvalue weighted by Crippen LogP contribution is 2.20. The lowest BCUT2D eigenvalue weighted by Gasteiger charge is -2.34. The molecule has 0 aliphatic carbocycles. The van der Waals surface area contributed by atoms with Crippen LogP contribution in [0, 0.1) is 0 Å². The predicted octanol–water partition coefficient (Wildman–Crippen LogP) is 0.283. The summed E-state index contributed by atoms with van der Waals surface area (Å²) < 4.78 is 5.41. The van der Waals surface area contributed by atoms with E-state index in [9.17, 15) is 9.59 Å². The highest BCUT2D eigenvalue weighted by Gasteiger charge is 2.24. The van der Waals surface area contributed by atoms with Crippen molar-refractivity contribution in [3.05, 3.63) is 60.2 Å². The van der Waals surface area contributed by atoms with Gasteiger partial charge in [0.1, 0.15) is 0 Å². The highest BCUT2D eigenvalue weighted by atomic mass is 16.5. The van der Waals surface area contributed by atoms with Crippen LogP contribution in [0.25, 0.3) is 0 Å². The average molecular weight is 369 g/mol. The van der Waals surface area contributed by atoms with Gasteiger partial charge in [0.25, 0.3) is 0 Å². The van der Waals surface area contributed by atoms with E-state index in [4.69, 9.17) is 4.74 Å². The summed E-state index contributed by atoms with van der Waals surface area (Å²) in [6.45, 7) is 3.41. The predicted molar refractivity (Wildman–Crippen MR) is 98.5 cm³/mol. The smallest absolute Gasteiger partial charge is 0.309 e. The molecule has 8 nitrogen and oxygen atoms in total. The van der Waals surface area contributed by atoms with Crippen molar-refractivity contribution >= 4 is 11.8 Å². The minimum absolute atomic E-state index is 0.0577. The fourth-order valence-corrected chi connectivity index (χ4v) is 2.95. The van der Waals surface area contributed by atoms with Crippen LogP contribution in [0.4, 0.5) is 0 Å². The van der Waals surface area contributed by atoms with Gasteiger partial charge in [0.15, 0.2) is 0 Å². The Balaban J connectivity index is 1.55. The molecule has 2 amide bonds. The van der Waals surface area contributed by atoms with Crippen molar-refractivity contribution in [2.24, 2.45) is 0 Å². The zero-order valence-corrected chi connectivity index (χ0v) is 15.0. The Kier molecular flexibility index (Phi) is 6.84. The van der Waals surface area contributed by atoms with Crippen LogP contribution >= 0.6 is 0 Å². The molecule has 0 radical (unpaired) electrons. The van der Waals surface area contributed by atoms with Crippen LogP contribution in [0.2, 0.25) is 0 Å². The maximum absolute atomic E-state index is 12.2. The van der Waals surface area contributed by atoms with Crippen molar-refractivity contribution in [3.63, 3.8) is 0 Å². The van der Waals surface area contributed by atoms with Crippen LogP contribution in [0.15, 0.2) is 49.1 Å². The van der Waals surface area contributed by atoms with Crippen molar-refractivity contribution in [1.82, 2.24) is 25.5 Å². The minimum atomic E-state index is -0.661. The number of amides is 2. The molecule has 3 rings (SSSR count). The summed E-state index contributed by atoms with van der Waals surface area (Å²) in [6.07, 6.45) is 6.80. The van der Waals surface area contributed by atoms with Crippen LogP contribution in [-0.4, -0.2) is 59.5 Å². The molecule has 0 spiro atoms. The molecule has 3 heterocycles. The Hall–Kier alpha value is -2.84. The fraction of sp³-hybridized carbons (Fsp3) is 0.368. The number of nitrogens with one attached hydrogen (secondary N) is 2. The molecule has 2 aromatic rings. The van der Waals surface area contributed by atoms with Crippen LogP contribution in [0.3, 0.4) is 0 Å². The zero-order valence-electron chi connectivity index (χ0n) is 15.0. The second-order valence-corrected chi connectivity index (χ2v) is 6.20. The highest BCUT2D eigenvalue weighted by molar-refractivity contribution is 6.35. The lowest BCUT2D eigenvalue weighted by molar-refractivity contribution is -0.139. The summed E-state index contributed by atoms with van der Waals surface area (Å²) >= 11 is 0. The Bertz CT molecular complexity index is 736. The summed E-state index contributed by atoms with van der Waals surface area (Å²) in [4.78, 5) is 34.6. The lowest BCUT2D eigenvalue weighted by Crippen LogP contribution is -2.46. The van der Waals surface area contributed by atoms with Crippen molar-refractivity contribution in [3.8, 4) is 0 Å². The van der Waals surface area contributed by atoms with Crippen molar-refractivity contribution in [1.29, 1.82) is 0 Å². The maximum Gasteiger partial charge on any atom is 0.309 e. The standard InChI is InChI=1S/C19H23N5O3/c25-18(22-12-15-3-1-5-20-11-15)19(26)23-14-17(16-4-2-6-21-13-16)24-7-9-27-10-8-24/h1-6,11,13,17H,7-10,12,14H2,(H,22,25)(H,23,26)/t17-/m0/s1. The first kappa shape index (κ1) is 18.9. The van der Waals surface area contributed by atoms with Gasteiger partial charge in [0.05, 0.1) is 19.3 Å². The number of carbonyl (C=O) groups excluding carboxylic acids is 2. The summed E-state index contributed by atoms with van der Waals surface area (Å²) in [5.41, 5.74) is 1.83. The molecule has 1 aliphatic rings. The van der Waals surface area contributed by atoms with E-state index in [0.717, 1.165) is 24.2 Å². The largest absolute Gasteiger partial charge is 0.379 e. The van der Waals surface area contributed by atoms with Crippen LogP contribution < -0.4 is 10.6 Å². The van der Waals surface area contributed by atoms with Crippen molar-refractivity contribution in [2.75, 3.05) is 32.8 Å². The number of aromatic nitrogens is 2. The van der Waals surface area contributed by atoms with Crippen LogP contribution in [0.1, 0.15) is 17.2 Å². The van der Waals surface area contributed by atoms with Gasteiger partial charge in [-0.05, 0) is 23.3 Å². The Labute approximate surface area is 158 Å². The van der Waals surface area contributed by atoms with Crippen molar-refractivity contribution < 1.29 is 14.3 Å². The van der Waals surface area contributed by atoms with Gasteiger partial charge in [0.2, 0.25) is 0 Å². The molecule has 0 bridgehead atoms. The third-order valence-corrected chi connectivity index (χ3v) is 4.39. The molecule has 2 aromatic heterocycles. The molecular weight excluding hydrogens is 346 g/mol. The van der Waals surface area contributed by atoms with E-state index in [1.807, 2.05) is 18.2 Å². The summed E-state index contributed by atoms with van der Waals surface area (Å²) in [5, 5.41) is 5.34. The minimum Gasteiger partial charge on any atom is -0.379 e. The molecule has 8 heteroatoms. The van der Waals surface area contributed by atoms with Gasteiger partial charge in [-0.15, -0.1) is 0 Å². The van der Waals surface area contributed by atoms with Crippen LogP contribution in [0.5, 0.6) is 0 Å². The van der Waals surface area contributed by atoms with E-state index in [1.54, 1.807) is 30.9 Å². The molecule has 142 valence electrons. The number of pyridine rings is 2. The molecule has 1 atom stereocenters. The summed E-state index contributed by atoms with van der Waals surface area (Å²) in [6, 6.07) is 7.40. The first-order chi connectivity index (χ1) is 13.2. The Morgan fingerprint density at radius 1 is 1.04 bits per heavy atom. The summed E-state index contributed by atoms with van der Waals surface area (Å²) in [7, 11) is 0. The second kappa shape index (κ2) is 9.75. The topological polar surface area (TPSA) is 96.5 Å². The first-order valence-corrected chi connectivity index (χ1v) is 8.90. The van der Waals surface area contributed by atoms with Crippen molar-refractivity contribution in [2.45, 2.75) is 12.6 Å². The number of carbonyl (C=O) groups is 2.